The topological polar surface area (TPSA) is 67.2 Å². The number of aliphatic hydroxyl groups excluding tert-OH is 1. The van der Waals surface area contributed by atoms with Crippen molar-refractivity contribution in [1.82, 2.24) is 15.1 Å². The third-order valence-corrected chi connectivity index (χ3v) is 4.04. The number of hydrogen-bond acceptors (Lipinski definition) is 4. The van der Waals surface area contributed by atoms with E-state index in [9.17, 15) is 4.79 Å². The van der Waals surface area contributed by atoms with Crippen molar-refractivity contribution in [2.75, 3.05) is 18.6 Å². The van der Waals surface area contributed by atoms with Crippen LogP contribution in [0.1, 0.15) is 16.8 Å². The third-order valence-electron chi connectivity index (χ3n) is 3.30. The maximum Gasteiger partial charge on any atom is 0.255 e. The molecule has 5 nitrogen and oxygen atoms in total. The summed E-state index contributed by atoms with van der Waals surface area (Å²) in [5.74, 6) is 0.618. The van der Waals surface area contributed by atoms with Crippen molar-refractivity contribution in [2.45, 2.75) is 12.5 Å². The Balaban J connectivity index is 2.23. The molecule has 1 aromatic heterocycles. The first-order chi connectivity index (χ1) is 10.7. The summed E-state index contributed by atoms with van der Waals surface area (Å²) in [5.41, 5.74) is 2.14. The number of aromatic nitrogens is 2. The minimum Gasteiger partial charge on any atom is -0.396 e. The van der Waals surface area contributed by atoms with Crippen LogP contribution in [0.3, 0.4) is 0 Å². The van der Waals surface area contributed by atoms with E-state index >= 15 is 0 Å². The number of rotatable bonds is 7. The molecule has 2 aromatic rings. The van der Waals surface area contributed by atoms with Crippen LogP contribution in [0.15, 0.2) is 36.5 Å². The summed E-state index contributed by atoms with van der Waals surface area (Å²) >= 11 is 1.65. The van der Waals surface area contributed by atoms with Crippen LogP contribution < -0.4 is 5.32 Å². The van der Waals surface area contributed by atoms with Gasteiger partial charge in [-0.2, -0.15) is 16.9 Å². The molecule has 0 spiro atoms. The molecular weight excluding hydrogens is 298 g/mol. The van der Waals surface area contributed by atoms with Crippen molar-refractivity contribution < 1.29 is 9.90 Å². The standard InChI is InChI=1S/C16H21N3O2S/c1-19-10-14(15(18-19)12-6-4-3-5-7-12)16(21)17-13(8-9-20)11-22-2/h3-7,10,13,20H,8-9,11H2,1-2H3,(H,17,21). The van der Waals surface area contributed by atoms with Crippen molar-refractivity contribution >= 4 is 17.7 Å². The first kappa shape index (κ1) is 16.6. The lowest BCUT2D eigenvalue weighted by Crippen LogP contribution is -2.37. The van der Waals surface area contributed by atoms with Gasteiger partial charge in [0.15, 0.2) is 0 Å². The maximum absolute atomic E-state index is 12.6. The smallest absolute Gasteiger partial charge is 0.255 e. The van der Waals surface area contributed by atoms with Crippen LogP contribution in [0.25, 0.3) is 11.3 Å². The molecule has 1 aromatic carbocycles. The van der Waals surface area contributed by atoms with Crippen molar-refractivity contribution in [3.05, 3.63) is 42.1 Å². The number of nitrogens with zero attached hydrogens (tertiary/aromatic N) is 2. The van der Waals surface area contributed by atoms with E-state index in [2.05, 4.69) is 10.4 Å². The number of carbonyl (C=O) groups excluding carboxylic acids is 1. The van der Waals surface area contributed by atoms with Gasteiger partial charge in [0.2, 0.25) is 0 Å². The highest BCUT2D eigenvalue weighted by atomic mass is 32.2. The highest BCUT2D eigenvalue weighted by Gasteiger charge is 2.19. The van der Waals surface area contributed by atoms with Crippen molar-refractivity contribution in [2.24, 2.45) is 7.05 Å². The van der Waals surface area contributed by atoms with Gasteiger partial charge in [-0.05, 0) is 12.7 Å². The molecule has 0 aliphatic heterocycles. The number of aryl methyl sites for hydroxylation is 1. The highest BCUT2D eigenvalue weighted by Crippen LogP contribution is 2.21. The molecular formula is C16H21N3O2S. The number of aliphatic hydroxyl groups is 1. The van der Waals surface area contributed by atoms with E-state index in [1.54, 1.807) is 29.7 Å². The number of amides is 1. The van der Waals surface area contributed by atoms with E-state index in [1.807, 2.05) is 36.6 Å². The predicted octanol–water partition coefficient (Wildman–Crippen LogP) is 1.93. The lowest BCUT2D eigenvalue weighted by atomic mass is 10.1. The molecule has 0 bridgehead atoms. The molecule has 0 fully saturated rings. The number of nitrogens with one attached hydrogen (secondary N) is 1. The van der Waals surface area contributed by atoms with Gasteiger partial charge in [0, 0.05) is 37.2 Å². The number of carbonyl (C=O) groups is 1. The Hall–Kier alpha value is -1.79. The fourth-order valence-corrected chi connectivity index (χ4v) is 2.93. The second-order valence-electron chi connectivity index (χ2n) is 5.07. The molecule has 0 radical (unpaired) electrons. The Morgan fingerprint density at radius 3 is 2.77 bits per heavy atom. The average Bonchev–Trinajstić information content (AvgIpc) is 2.91. The van der Waals surface area contributed by atoms with E-state index in [0.29, 0.717) is 17.7 Å². The third kappa shape index (κ3) is 4.11. The number of benzene rings is 1. The second kappa shape index (κ2) is 8.00. The van der Waals surface area contributed by atoms with Gasteiger partial charge in [-0.15, -0.1) is 0 Å². The molecule has 0 saturated carbocycles. The van der Waals surface area contributed by atoms with Gasteiger partial charge in [0.1, 0.15) is 5.69 Å². The summed E-state index contributed by atoms with van der Waals surface area (Å²) < 4.78 is 1.65. The first-order valence-electron chi connectivity index (χ1n) is 7.15. The Morgan fingerprint density at radius 1 is 1.41 bits per heavy atom. The Bertz CT molecular complexity index is 607. The molecule has 0 aliphatic rings. The van der Waals surface area contributed by atoms with Crippen molar-refractivity contribution in [3.63, 3.8) is 0 Å². The van der Waals surface area contributed by atoms with Crippen LogP contribution in [0.2, 0.25) is 0 Å². The van der Waals surface area contributed by atoms with Gasteiger partial charge < -0.3 is 10.4 Å². The van der Waals surface area contributed by atoms with E-state index in [1.165, 1.54) is 0 Å². The molecule has 1 unspecified atom stereocenters. The van der Waals surface area contributed by atoms with E-state index in [4.69, 9.17) is 5.11 Å². The molecule has 1 heterocycles. The van der Waals surface area contributed by atoms with Crippen molar-refractivity contribution in [3.8, 4) is 11.3 Å². The Kier molecular flexibility index (Phi) is 6.03. The van der Waals surface area contributed by atoms with Gasteiger partial charge in [0.25, 0.3) is 5.91 Å². The maximum atomic E-state index is 12.6. The van der Waals surface area contributed by atoms with Crippen LogP contribution in [0.4, 0.5) is 0 Å². The van der Waals surface area contributed by atoms with Crippen LogP contribution in [0.5, 0.6) is 0 Å². The molecule has 118 valence electrons. The van der Waals surface area contributed by atoms with Crippen molar-refractivity contribution in [1.29, 1.82) is 0 Å². The molecule has 22 heavy (non-hydrogen) atoms. The SMILES string of the molecule is CSCC(CCO)NC(=O)c1cn(C)nc1-c1ccccc1. The van der Waals surface area contributed by atoms with Gasteiger partial charge in [0.05, 0.1) is 5.56 Å². The normalized spacial score (nSPS) is 12.1. The molecule has 2 N–H and O–H groups in total. The summed E-state index contributed by atoms with van der Waals surface area (Å²) in [4.78, 5) is 12.6. The lowest BCUT2D eigenvalue weighted by molar-refractivity contribution is 0.0936. The molecule has 6 heteroatoms. The Labute approximate surface area is 134 Å². The van der Waals surface area contributed by atoms with E-state index in [0.717, 1.165) is 11.3 Å². The summed E-state index contributed by atoms with van der Waals surface area (Å²) in [5, 5.41) is 16.5. The quantitative estimate of drug-likeness (QED) is 0.818. The number of thioether (sulfide) groups is 1. The van der Waals surface area contributed by atoms with Gasteiger partial charge >= 0.3 is 0 Å². The van der Waals surface area contributed by atoms with Crippen LogP contribution in [-0.2, 0) is 7.05 Å². The second-order valence-corrected chi connectivity index (χ2v) is 5.98. The zero-order valence-electron chi connectivity index (χ0n) is 12.8. The molecule has 2 rings (SSSR count). The highest BCUT2D eigenvalue weighted by molar-refractivity contribution is 7.98. The average molecular weight is 319 g/mol. The number of hydrogen-bond donors (Lipinski definition) is 2. The molecule has 1 amide bonds. The molecule has 1 atom stereocenters. The lowest BCUT2D eigenvalue weighted by Gasteiger charge is -2.16. The largest absolute Gasteiger partial charge is 0.396 e. The summed E-state index contributed by atoms with van der Waals surface area (Å²) in [6, 6.07) is 9.61. The summed E-state index contributed by atoms with van der Waals surface area (Å²) in [6.07, 6.45) is 4.26. The van der Waals surface area contributed by atoms with E-state index < -0.39 is 0 Å². The zero-order chi connectivity index (χ0) is 15.9. The fraction of sp³-hybridized carbons (Fsp3) is 0.375. The minimum atomic E-state index is -0.153. The predicted molar refractivity (Wildman–Crippen MR) is 90.0 cm³/mol. The van der Waals surface area contributed by atoms with Gasteiger partial charge in [-0.3, -0.25) is 9.48 Å². The summed E-state index contributed by atoms with van der Waals surface area (Å²) in [6.45, 7) is 0.0596. The monoisotopic (exact) mass is 319 g/mol. The van der Waals surface area contributed by atoms with E-state index in [-0.39, 0.29) is 18.6 Å². The van der Waals surface area contributed by atoms with Gasteiger partial charge in [-0.25, -0.2) is 0 Å². The summed E-state index contributed by atoms with van der Waals surface area (Å²) in [7, 11) is 1.80. The first-order valence-corrected chi connectivity index (χ1v) is 8.54. The van der Waals surface area contributed by atoms with Gasteiger partial charge in [-0.1, -0.05) is 30.3 Å². The van der Waals surface area contributed by atoms with Crippen LogP contribution in [0, 0.1) is 0 Å². The van der Waals surface area contributed by atoms with Crippen LogP contribution in [-0.4, -0.2) is 45.5 Å². The minimum absolute atomic E-state index is 0.0451. The zero-order valence-corrected chi connectivity index (χ0v) is 13.6. The fourth-order valence-electron chi connectivity index (χ4n) is 2.28. The van der Waals surface area contributed by atoms with Crippen LogP contribution >= 0.6 is 11.8 Å². The molecule has 0 saturated heterocycles. The Morgan fingerprint density at radius 2 is 2.14 bits per heavy atom. The molecule has 0 aliphatic carbocycles.